The van der Waals surface area contributed by atoms with Crippen molar-refractivity contribution in [2.45, 2.75) is 16.2 Å². The molecule has 0 radical (unpaired) electrons. The van der Waals surface area contributed by atoms with E-state index in [-0.39, 0.29) is 36.6 Å². The molecule has 0 aliphatic heterocycles. The second-order valence-electron chi connectivity index (χ2n) is 9.00. The molecule has 18 heteroatoms. The van der Waals surface area contributed by atoms with Gasteiger partial charge in [0.25, 0.3) is 26.0 Å². The number of aromatic carboxylic acids is 1. The second kappa shape index (κ2) is 14.7. The van der Waals surface area contributed by atoms with Gasteiger partial charge in [-0.05, 0) is 59.3 Å². The van der Waals surface area contributed by atoms with Crippen LogP contribution in [0.1, 0.15) is 19.3 Å². The highest BCUT2D eigenvalue weighted by molar-refractivity contribution is 7.93. The average molecular weight is 726 g/mol. The molecule has 2 aromatic heterocycles. The fourth-order valence-corrected chi connectivity index (χ4v) is 7.43. The molecule has 0 aliphatic carbocycles. The number of nitrogens with one attached hydrogen (secondary N) is 3. The molecule has 0 fully saturated rings. The van der Waals surface area contributed by atoms with Crippen molar-refractivity contribution in [3.05, 3.63) is 118 Å². The standard InChI is InChI=1S/C18H13F3N2O4S2.C11H9NO4S2/c19-18(20,21)27-13-6-4-5-12(11-13)22-17(24)16-15(9-10-28-16)23-29(25,26)14-7-2-1-3-8-14;13-11(14)10-9(6-7-17-10)12-18(15,16)8-4-2-1-3-5-8/h1-11,23H,(H,22,24);1-7,12H,(H,13,14). The molecular formula is C29H22F3N3O8S4. The van der Waals surface area contributed by atoms with Gasteiger partial charge in [-0.3, -0.25) is 14.2 Å². The van der Waals surface area contributed by atoms with Crippen LogP contribution >= 0.6 is 22.7 Å². The summed E-state index contributed by atoms with van der Waals surface area (Å²) in [6, 6.07) is 23.0. The molecule has 0 spiro atoms. The summed E-state index contributed by atoms with van der Waals surface area (Å²) in [4.78, 5) is 23.5. The fourth-order valence-electron chi connectivity index (χ4n) is 3.69. The molecule has 0 atom stereocenters. The van der Waals surface area contributed by atoms with Crippen LogP contribution in [0.4, 0.5) is 30.2 Å². The van der Waals surface area contributed by atoms with Crippen LogP contribution in [0, 0.1) is 0 Å². The molecule has 0 saturated carbocycles. The number of ether oxygens (including phenoxy) is 1. The van der Waals surface area contributed by atoms with Crippen LogP contribution in [0.3, 0.4) is 0 Å². The third kappa shape index (κ3) is 9.79. The number of amides is 1. The van der Waals surface area contributed by atoms with Crippen LogP contribution in [0.15, 0.2) is 118 Å². The first-order valence-electron chi connectivity index (χ1n) is 12.9. The topological polar surface area (TPSA) is 168 Å². The highest BCUT2D eigenvalue weighted by atomic mass is 32.2. The van der Waals surface area contributed by atoms with E-state index < -0.39 is 44.0 Å². The largest absolute Gasteiger partial charge is 0.573 e. The van der Waals surface area contributed by atoms with Crippen molar-refractivity contribution >= 4 is 71.7 Å². The van der Waals surface area contributed by atoms with Crippen LogP contribution < -0.4 is 19.5 Å². The SMILES string of the molecule is O=C(Nc1cccc(OC(F)(F)F)c1)c1sccc1NS(=O)(=O)c1ccccc1.O=C(O)c1sccc1NS(=O)(=O)c1ccccc1. The number of carboxylic acids is 1. The van der Waals surface area contributed by atoms with E-state index in [0.29, 0.717) is 0 Å². The normalized spacial score (nSPS) is 11.5. The molecule has 0 aliphatic rings. The zero-order valence-corrected chi connectivity index (χ0v) is 26.7. The molecule has 0 bridgehead atoms. The summed E-state index contributed by atoms with van der Waals surface area (Å²) in [6.07, 6.45) is -4.86. The summed E-state index contributed by atoms with van der Waals surface area (Å²) in [7, 11) is -7.65. The number of carbonyl (C=O) groups excluding carboxylic acids is 1. The second-order valence-corrected chi connectivity index (χ2v) is 14.2. The first-order valence-corrected chi connectivity index (χ1v) is 17.6. The Bertz CT molecular complexity index is 2070. The number of alkyl halides is 3. The number of hydrogen-bond acceptors (Lipinski definition) is 9. The van der Waals surface area contributed by atoms with Crippen molar-refractivity contribution in [3.63, 3.8) is 0 Å². The number of carboxylic acid groups (broad SMARTS) is 1. The van der Waals surface area contributed by atoms with Crippen LogP contribution in [0.25, 0.3) is 0 Å². The van der Waals surface area contributed by atoms with E-state index in [1.807, 2.05) is 0 Å². The minimum absolute atomic E-state index is 0.0227. The maximum absolute atomic E-state index is 12.5. The van der Waals surface area contributed by atoms with Crippen LogP contribution in [-0.2, 0) is 20.0 Å². The maximum Gasteiger partial charge on any atom is 0.573 e. The van der Waals surface area contributed by atoms with Crippen molar-refractivity contribution in [3.8, 4) is 5.75 Å². The first-order chi connectivity index (χ1) is 22.1. The smallest absolute Gasteiger partial charge is 0.477 e. The molecule has 47 heavy (non-hydrogen) atoms. The summed E-state index contributed by atoms with van der Waals surface area (Å²) >= 11 is 1.94. The van der Waals surface area contributed by atoms with E-state index >= 15 is 0 Å². The molecular weight excluding hydrogens is 704 g/mol. The lowest BCUT2D eigenvalue weighted by atomic mass is 10.3. The van der Waals surface area contributed by atoms with Gasteiger partial charge in [-0.1, -0.05) is 42.5 Å². The molecule has 11 nitrogen and oxygen atoms in total. The summed E-state index contributed by atoms with van der Waals surface area (Å²) < 4.78 is 94.3. The third-order valence-corrected chi connectivity index (χ3v) is 10.2. The number of hydrogen-bond donors (Lipinski definition) is 4. The minimum atomic E-state index is -4.86. The lowest BCUT2D eigenvalue weighted by Gasteiger charge is -2.11. The van der Waals surface area contributed by atoms with E-state index in [2.05, 4.69) is 19.5 Å². The Balaban J connectivity index is 0.000000238. The zero-order chi connectivity index (χ0) is 34.2. The number of carbonyl (C=O) groups is 2. The van der Waals surface area contributed by atoms with Gasteiger partial charge in [-0.2, -0.15) is 0 Å². The average Bonchev–Trinajstić information content (AvgIpc) is 3.67. The van der Waals surface area contributed by atoms with E-state index in [1.165, 1.54) is 59.3 Å². The van der Waals surface area contributed by atoms with Crippen molar-refractivity contribution in [2.24, 2.45) is 0 Å². The molecule has 0 saturated heterocycles. The Morgan fingerprint density at radius 3 is 1.66 bits per heavy atom. The number of anilines is 3. The van der Waals surface area contributed by atoms with Gasteiger partial charge in [0.15, 0.2) is 0 Å². The summed E-state index contributed by atoms with van der Waals surface area (Å²) in [6.45, 7) is 0. The highest BCUT2D eigenvalue weighted by Crippen LogP contribution is 2.29. The van der Waals surface area contributed by atoms with Crippen LogP contribution in [0.2, 0.25) is 0 Å². The van der Waals surface area contributed by atoms with Gasteiger partial charge in [0.05, 0.1) is 21.2 Å². The van der Waals surface area contributed by atoms with Crippen molar-refractivity contribution in [1.29, 1.82) is 0 Å². The fraction of sp³-hybridized carbons (Fsp3) is 0.0345. The molecule has 0 unspecified atom stereocenters. The van der Waals surface area contributed by atoms with Crippen LogP contribution in [0.5, 0.6) is 5.75 Å². The van der Waals surface area contributed by atoms with Gasteiger partial charge in [0, 0.05) is 11.8 Å². The molecule has 5 rings (SSSR count). The Labute approximate surface area is 274 Å². The van der Waals surface area contributed by atoms with Crippen molar-refractivity contribution in [2.75, 3.05) is 14.8 Å². The molecule has 2 heterocycles. The minimum Gasteiger partial charge on any atom is -0.477 e. The molecule has 3 aromatic carbocycles. The summed E-state index contributed by atoms with van der Waals surface area (Å²) in [5.74, 6) is -2.34. The number of benzene rings is 3. The maximum atomic E-state index is 12.5. The highest BCUT2D eigenvalue weighted by Gasteiger charge is 2.31. The van der Waals surface area contributed by atoms with E-state index in [9.17, 15) is 39.6 Å². The lowest BCUT2D eigenvalue weighted by Crippen LogP contribution is -2.18. The van der Waals surface area contributed by atoms with E-state index in [1.54, 1.807) is 36.4 Å². The number of halogens is 3. The monoisotopic (exact) mass is 725 g/mol. The Morgan fingerprint density at radius 1 is 0.681 bits per heavy atom. The van der Waals surface area contributed by atoms with Gasteiger partial charge in [-0.25, -0.2) is 21.6 Å². The van der Waals surface area contributed by atoms with Crippen molar-refractivity contribution < 1.29 is 49.4 Å². The predicted molar refractivity (Wildman–Crippen MR) is 171 cm³/mol. The number of thiophene rings is 2. The number of sulfonamides is 2. The number of rotatable bonds is 10. The quantitative estimate of drug-likeness (QED) is 0.120. The van der Waals surface area contributed by atoms with Gasteiger partial charge >= 0.3 is 12.3 Å². The molecule has 246 valence electrons. The predicted octanol–water partition coefficient (Wildman–Crippen LogP) is 6.95. The zero-order valence-electron chi connectivity index (χ0n) is 23.5. The third-order valence-electron chi connectivity index (χ3n) is 5.65. The Morgan fingerprint density at radius 2 is 1.17 bits per heavy atom. The molecule has 4 N–H and O–H groups in total. The molecule has 5 aromatic rings. The lowest BCUT2D eigenvalue weighted by molar-refractivity contribution is -0.274. The summed E-state index contributed by atoms with van der Waals surface area (Å²) in [5, 5.41) is 14.4. The first kappa shape index (κ1) is 35.0. The summed E-state index contributed by atoms with van der Waals surface area (Å²) in [5.41, 5.74) is 0.192. The van der Waals surface area contributed by atoms with Gasteiger partial charge in [0.2, 0.25) is 0 Å². The van der Waals surface area contributed by atoms with E-state index in [0.717, 1.165) is 34.8 Å². The Kier molecular flexibility index (Phi) is 10.9. The molecule has 1 amide bonds. The van der Waals surface area contributed by atoms with Crippen LogP contribution in [-0.4, -0.2) is 40.2 Å². The van der Waals surface area contributed by atoms with E-state index in [4.69, 9.17) is 5.11 Å². The van der Waals surface area contributed by atoms with Crippen molar-refractivity contribution in [1.82, 2.24) is 0 Å². The van der Waals surface area contributed by atoms with Gasteiger partial charge in [-0.15, -0.1) is 35.8 Å². The van der Waals surface area contributed by atoms with Gasteiger partial charge in [0.1, 0.15) is 15.5 Å². The Hall–Kier alpha value is -4.91. The van der Waals surface area contributed by atoms with Gasteiger partial charge < -0.3 is 15.2 Å².